The fraction of sp³-hybridized carbons (Fsp3) is 1.00. The zero-order valence-corrected chi connectivity index (χ0v) is 10.0. The van der Waals surface area contributed by atoms with Crippen molar-refractivity contribution in [3.05, 3.63) is 0 Å². The molecule has 0 fully saturated rings. The fourth-order valence-corrected chi connectivity index (χ4v) is 1.10. The largest absolute Gasteiger partial charge is 0.380 e. The van der Waals surface area contributed by atoms with Gasteiger partial charge in [0.2, 0.25) is 0 Å². The SMILES string of the molecule is CCCOCC(N)CCC(C)(C)OC. The molecule has 0 spiro atoms. The Morgan fingerprint density at radius 3 is 2.50 bits per heavy atom. The van der Waals surface area contributed by atoms with Gasteiger partial charge in [-0.3, -0.25) is 0 Å². The van der Waals surface area contributed by atoms with Crippen LogP contribution in [0.25, 0.3) is 0 Å². The molecule has 0 bridgehead atoms. The Bertz CT molecular complexity index is 137. The minimum Gasteiger partial charge on any atom is -0.380 e. The Balaban J connectivity index is 3.48. The van der Waals surface area contributed by atoms with Crippen molar-refractivity contribution in [3.63, 3.8) is 0 Å². The summed E-state index contributed by atoms with van der Waals surface area (Å²) < 4.78 is 10.7. The molecule has 0 heterocycles. The van der Waals surface area contributed by atoms with E-state index in [4.69, 9.17) is 15.2 Å². The summed E-state index contributed by atoms with van der Waals surface area (Å²) in [4.78, 5) is 0. The molecule has 0 aliphatic carbocycles. The predicted octanol–water partition coefficient (Wildman–Crippen LogP) is 1.95. The molecule has 2 N–H and O–H groups in total. The molecule has 0 amide bonds. The summed E-state index contributed by atoms with van der Waals surface area (Å²) >= 11 is 0. The topological polar surface area (TPSA) is 44.5 Å². The third kappa shape index (κ3) is 7.30. The second-order valence-corrected chi connectivity index (χ2v) is 4.34. The van der Waals surface area contributed by atoms with E-state index in [0.29, 0.717) is 6.61 Å². The van der Waals surface area contributed by atoms with Gasteiger partial charge < -0.3 is 15.2 Å². The van der Waals surface area contributed by atoms with Crippen molar-refractivity contribution < 1.29 is 9.47 Å². The Kier molecular flexibility index (Phi) is 7.15. The maximum Gasteiger partial charge on any atom is 0.0623 e. The van der Waals surface area contributed by atoms with Gasteiger partial charge in [0.05, 0.1) is 12.2 Å². The van der Waals surface area contributed by atoms with Gasteiger partial charge in [0.15, 0.2) is 0 Å². The average molecular weight is 203 g/mol. The highest BCUT2D eigenvalue weighted by Crippen LogP contribution is 2.16. The van der Waals surface area contributed by atoms with Crippen LogP contribution in [0.15, 0.2) is 0 Å². The molecule has 14 heavy (non-hydrogen) atoms. The van der Waals surface area contributed by atoms with Gasteiger partial charge in [-0.2, -0.15) is 0 Å². The molecule has 0 saturated carbocycles. The van der Waals surface area contributed by atoms with Crippen LogP contribution in [0.5, 0.6) is 0 Å². The molecule has 0 aliphatic rings. The van der Waals surface area contributed by atoms with Crippen LogP contribution in [0.1, 0.15) is 40.0 Å². The Labute approximate surface area is 88.0 Å². The second-order valence-electron chi connectivity index (χ2n) is 4.34. The van der Waals surface area contributed by atoms with Crippen molar-refractivity contribution in [1.29, 1.82) is 0 Å². The van der Waals surface area contributed by atoms with Crippen LogP contribution in [-0.2, 0) is 9.47 Å². The van der Waals surface area contributed by atoms with E-state index in [-0.39, 0.29) is 11.6 Å². The molecule has 0 aromatic heterocycles. The summed E-state index contributed by atoms with van der Waals surface area (Å²) in [6.45, 7) is 7.72. The van der Waals surface area contributed by atoms with E-state index in [2.05, 4.69) is 20.8 Å². The van der Waals surface area contributed by atoms with Crippen LogP contribution in [-0.4, -0.2) is 32.0 Å². The van der Waals surface area contributed by atoms with E-state index in [1.54, 1.807) is 7.11 Å². The number of hydrogen-bond acceptors (Lipinski definition) is 3. The van der Waals surface area contributed by atoms with Crippen molar-refractivity contribution in [3.8, 4) is 0 Å². The number of hydrogen-bond donors (Lipinski definition) is 1. The quantitative estimate of drug-likeness (QED) is 0.613. The summed E-state index contributed by atoms with van der Waals surface area (Å²) in [5.74, 6) is 0. The molecule has 3 nitrogen and oxygen atoms in total. The molecule has 3 heteroatoms. The normalized spacial score (nSPS) is 14.4. The molecule has 1 unspecified atom stereocenters. The third-order valence-electron chi connectivity index (χ3n) is 2.35. The predicted molar refractivity (Wildman–Crippen MR) is 59.4 cm³/mol. The Morgan fingerprint density at radius 1 is 1.36 bits per heavy atom. The zero-order chi connectivity index (χ0) is 11.0. The number of rotatable bonds is 8. The van der Waals surface area contributed by atoms with E-state index in [1.165, 1.54) is 0 Å². The number of ether oxygens (including phenoxy) is 2. The zero-order valence-electron chi connectivity index (χ0n) is 10.0. The van der Waals surface area contributed by atoms with Gasteiger partial charge in [0, 0.05) is 19.8 Å². The van der Waals surface area contributed by atoms with E-state index in [9.17, 15) is 0 Å². The maximum absolute atomic E-state index is 5.90. The minimum atomic E-state index is -0.0671. The molecular formula is C11H25NO2. The van der Waals surface area contributed by atoms with Gasteiger partial charge in [0.25, 0.3) is 0 Å². The lowest BCUT2D eigenvalue weighted by Gasteiger charge is -2.24. The van der Waals surface area contributed by atoms with Crippen molar-refractivity contribution in [2.75, 3.05) is 20.3 Å². The lowest BCUT2D eigenvalue weighted by molar-refractivity contribution is 0.00966. The smallest absolute Gasteiger partial charge is 0.0623 e. The van der Waals surface area contributed by atoms with Gasteiger partial charge in [0.1, 0.15) is 0 Å². The first kappa shape index (κ1) is 13.9. The molecule has 86 valence electrons. The van der Waals surface area contributed by atoms with Crippen LogP contribution in [0.4, 0.5) is 0 Å². The van der Waals surface area contributed by atoms with Crippen molar-refractivity contribution in [1.82, 2.24) is 0 Å². The first-order valence-electron chi connectivity index (χ1n) is 5.40. The highest BCUT2D eigenvalue weighted by molar-refractivity contribution is 4.71. The molecule has 0 aromatic rings. The van der Waals surface area contributed by atoms with E-state index >= 15 is 0 Å². The third-order valence-corrected chi connectivity index (χ3v) is 2.35. The summed E-state index contributed by atoms with van der Waals surface area (Å²) in [6.07, 6.45) is 2.97. The monoisotopic (exact) mass is 203 g/mol. The fourth-order valence-electron chi connectivity index (χ4n) is 1.10. The van der Waals surface area contributed by atoms with E-state index in [1.807, 2.05) is 0 Å². The van der Waals surface area contributed by atoms with Crippen LogP contribution in [0.3, 0.4) is 0 Å². The first-order chi connectivity index (χ1) is 6.52. The molecular weight excluding hydrogens is 178 g/mol. The van der Waals surface area contributed by atoms with Gasteiger partial charge in [-0.25, -0.2) is 0 Å². The van der Waals surface area contributed by atoms with Crippen LogP contribution >= 0.6 is 0 Å². The summed E-state index contributed by atoms with van der Waals surface area (Å²) in [7, 11) is 1.74. The maximum atomic E-state index is 5.90. The summed E-state index contributed by atoms with van der Waals surface area (Å²) in [5, 5.41) is 0. The van der Waals surface area contributed by atoms with Gasteiger partial charge in [-0.15, -0.1) is 0 Å². The number of nitrogens with two attached hydrogens (primary N) is 1. The standard InChI is InChI=1S/C11H25NO2/c1-5-8-14-9-10(12)6-7-11(2,3)13-4/h10H,5-9,12H2,1-4H3. The highest BCUT2D eigenvalue weighted by Gasteiger charge is 2.17. The lowest BCUT2D eigenvalue weighted by atomic mass is 9.99. The van der Waals surface area contributed by atoms with Crippen LogP contribution in [0, 0.1) is 0 Å². The average Bonchev–Trinajstić information content (AvgIpc) is 2.16. The van der Waals surface area contributed by atoms with E-state index < -0.39 is 0 Å². The van der Waals surface area contributed by atoms with Gasteiger partial charge in [-0.05, 0) is 33.1 Å². The molecule has 0 rings (SSSR count). The van der Waals surface area contributed by atoms with Crippen LogP contribution in [0.2, 0.25) is 0 Å². The van der Waals surface area contributed by atoms with Crippen molar-refractivity contribution in [2.24, 2.45) is 5.73 Å². The first-order valence-corrected chi connectivity index (χ1v) is 5.40. The molecule has 1 atom stereocenters. The second kappa shape index (κ2) is 7.21. The minimum absolute atomic E-state index is 0.0671. The number of methoxy groups -OCH3 is 1. The molecule has 0 aliphatic heterocycles. The molecule has 0 saturated heterocycles. The highest BCUT2D eigenvalue weighted by atomic mass is 16.5. The van der Waals surface area contributed by atoms with Gasteiger partial charge in [-0.1, -0.05) is 6.92 Å². The van der Waals surface area contributed by atoms with Crippen molar-refractivity contribution in [2.45, 2.75) is 51.7 Å². The summed E-state index contributed by atoms with van der Waals surface area (Å²) in [6, 6.07) is 0.135. The Morgan fingerprint density at radius 2 is 2.00 bits per heavy atom. The molecule has 0 radical (unpaired) electrons. The lowest BCUT2D eigenvalue weighted by Crippen LogP contribution is -2.31. The van der Waals surface area contributed by atoms with Gasteiger partial charge >= 0.3 is 0 Å². The molecule has 0 aromatic carbocycles. The summed E-state index contributed by atoms with van der Waals surface area (Å²) in [5.41, 5.74) is 5.83. The van der Waals surface area contributed by atoms with E-state index in [0.717, 1.165) is 25.9 Å². The van der Waals surface area contributed by atoms with Crippen molar-refractivity contribution >= 4 is 0 Å². The van der Waals surface area contributed by atoms with Crippen LogP contribution < -0.4 is 5.73 Å². The Hall–Kier alpha value is -0.120.